The third-order valence-corrected chi connectivity index (χ3v) is 5.59. The first kappa shape index (κ1) is 20.8. The standard InChI is InChI=1S/C23H24FN3O4/c1-10-6-9-14(31-10)21(23(3,4)5)27-18-17(19(28)20(18)29)26-16-13(24)8-7-12-11(2)25-22(30)15(12)16/h6-9,11,21,26-27H,1-5H3,(H,25,30)/t11-,21-/m1/s1. The fourth-order valence-electron chi connectivity index (χ4n) is 3.91. The topological polar surface area (TPSA) is 100 Å². The zero-order valence-electron chi connectivity index (χ0n) is 18.0. The Morgan fingerprint density at radius 2 is 1.71 bits per heavy atom. The highest BCUT2D eigenvalue weighted by Crippen LogP contribution is 2.39. The summed E-state index contributed by atoms with van der Waals surface area (Å²) < 4.78 is 20.4. The van der Waals surface area contributed by atoms with Crippen molar-refractivity contribution in [2.24, 2.45) is 5.41 Å². The lowest BCUT2D eigenvalue weighted by Crippen LogP contribution is -2.39. The number of aryl methyl sites for hydroxylation is 1. The maximum Gasteiger partial charge on any atom is 0.254 e. The molecule has 1 aliphatic rings. The molecule has 0 saturated carbocycles. The van der Waals surface area contributed by atoms with Gasteiger partial charge in [0.2, 0.25) is 0 Å². The van der Waals surface area contributed by atoms with Crippen LogP contribution < -0.4 is 26.8 Å². The van der Waals surface area contributed by atoms with E-state index < -0.39 is 28.6 Å². The van der Waals surface area contributed by atoms with Crippen LogP contribution in [0.2, 0.25) is 0 Å². The average Bonchev–Trinajstić information content (AvgIpc) is 3.23. The third kappa shape index (κ3) is 3.41. The fourth-order valence-corrected chi connectivity index (χ4v) is 3.91. The van der Waals surface area contributed by atoms with Gasteiger partial charge in [-0.1, -0.05) is 26.8 Å². The van der Waals surface area contributed by atoms with E-state index in [0.717, 1.165) is 5.76 Å². The van der Waals surface area contributed by atoms with Crippen LogP contribution in [0.3, 0.4) is 0 Å². The number of anilines is 3. The Bertz CT molecular complexity index is 1260. The lowest BCUT2D eigenvalue weighted by molar-refractivity contribution is 0.0959. The number of hydrogen-bond acceptors (Lipinski definition) is 6. The molecule has 2 aromatic carbocycles. The molecule has 1 aromatic heterocycles. The van der Waals surface area contributed by atoms with Crippen molar-refractivity contribution in [3.05, 3.63) is 73.2 Å². The highest BCUT2D eigenvalue weighted by Gasteiger charge is 2.35. The van der Waals surface area contributed by atoms with Gasteiger partial charge in [-0.2, -0.15) is 0 Å². The molecule has 0 fully saturated rings. The number of nitrogens with one attached hydrogen (secondary N) is 3. The van der Waals surface area contributed by atoms with Gasteiger partial charge in [-0.25, -0.2) is 4.39 Å². The van der Waals surface area contributed by atoms with Gasteiger partial charge < -0.3 is 20.4 Å². The Morgan fingerprint density at radius 3 is 2.32 bits per heavy atom. The second kappa shape index (κ2) is 7.08. The number of carbonyl (C=O) groups excluding carboxylic acids is 1. The fraction of sp³-hybridized carbons (Fsp3) is 0.348. The number of carbonyl (C=O) groups is 1. The van der Waals surface area contributed by atoms with E-state index in [0.29, 0.717) is 11.3 Å². The van der Waals surface area contributed by atoms with E-state index in [1.807, 2.05) is 39.8 Å². The Morgan fingerprint density at radius 1 is 1.03 bits per heavy atom. The van der Waals surface area contributed by atoms with Crippen LogP contribution in [0.1, 0.15) is 67.2 Å². The second-order valence-electron chi connectivity index (χ2n) is 9.01. The molecule has 1 aliphatic heterocycles. The van der Waals surface area contributed by atoms with Gasteiger partial charge in [0.05, 0.1) is 23.3 Å². The van der Waals surface area contributed by atoms with E-state index in [1.165, 1.54) is 12.1 Å². The maximum atomic E-state index is 14.6. The molecule has 162 valence electrons. The van der Waals surface area contributed by atoms with Crippen LogP contribution in [-0.2, 0) is 0 Å². The van der Waals surface area contributed by atoms with Gasteiger partial charge in [-0.3, -0.25) is 14.4 Å². The summed E-state index contributed by atoms with van der Waals surface area (Å²) >= 11 is 0. The summed E-state index contributed by atoms with van der Waals surface area (Å²) in [6.45, 7) is 9.51. The molecule has 1 amide bonds. The van der Waals surface area contributed by atoms with Gasteiger partial charge in [-0.15, -0.1) is 0 Å². The molecule has 0 bridgehead atoms. The van der Waals surface area contributed by atoms with E-state index in [9.17, 15) is 18.8 Å². The summed E-state index contributed by atoms with van der Waals surface area (Å²) in [4.78, 5) is 37.1. The minimum atomic E-state index is -0.769. The number of fused-ring (bicyclic) bond motifs is 1. The van der Waals surface area contributed by atoms with Gasteiger partial charge in [0.25, 0.3) is 16.8 Å². The van der Waals surface area contributed by atoms with Crippen molar-refractivity contribution in [3.63, 3.8) is 0 Å². The summed E-state index contributed by atoms with van der Waals surface area (Å²) in [5.41, 5.74) is -1.21. The summed E-state index contributed by atoms with van der Waals surface area (Å²) in [5.74, 6) is 0.216. The van der Waals surface area contributed by atoms with E-state index in [1.54, 1.807) is 6.92 Å². The number of furan rings is 1. The second-order valence-corrected chi connectivity index (χ2v) is 9.01. The zero-order valence-corrected chi connectivity index (χ0v) is 18.0. The van der Waals surface area contributed by atoms with Crippen molar-refractivity contribution in [2.75, 3.05) is 10.6 Å². The van der Waals surface area contributed by atoms with Crippen LogP contribution in [0.5, 0.6) is 0 Å². The molecule has 7 nitrogen and oxygen atoms in total. The van der Waals surface area contributed by atoms with Crippen molar-refractivity contribution >= 4 is 23.0 Å². The Balaban J connectivity index is 1.73. The van der Waals surface area contributed by atoms with E-state index in [2.05, 4.69) is 16.0 Å². The number of rotatable bonds is 5. The summed E-state index contributed by atoms with van der Waals surface area (Å²) in [7, 11) is 0. The first-order chi connectivity index (χ1) is 14.5. The average molecular weight is 425 g/mol. The van der Waals surface area contributed by atoms with Gasteiger partial charge >= 0.3 is 0 Å². The highest BCUT2D eigenvalue weighted by atomic mass is 19.1. The molecule has 0 aliphatic carbocycles. The number of amides is 1. The van der Waals surface area contributed by atoms with Gasteiger partial charge in [-0.05, 0) is 43.0 Å². The molecule has 3 N–H and O–H groups in total. The quantitative estimate of drug-likeness (QED) is 0.533. The van der Waals surface area contributed by atoms with Crippen LogP contribution in [-0.4, -0.2) is 5.91 Å². The van der Waals surface area contributed by atoms with E-state index in [-0.39, 0.29) is 34.1 Å². The first-order valence-electron chi connectivity index (χ1n) is 10.1. The van der Waals surface area contributed by atoms with Crippen LogP contribution in [0.15, 0.2) is 38.3 Å². The molecular weight excluding hydrogens is 401 g/mol. The summed E-state index contributed by atoms with van der Waals surface area (Å²) in [6.07, 6.45) is 0. The highest BCUT2D eigenvalue weighted by molar-refractivity contribution is 6.05. The minimum Gasteiger partial charge on any atom is -0.464 e. The predicted octanol–water partition coefficient (Wildman–Crippen LogP) is 4.07. The molecule has 0 radical (unpaired) electrons. The number of hydrogen-bond donors (Lipinski definition) is 3. The monoisotopic (exact) mass is 425 g/mol. The van der Waals surface area contributed by atoms with E-state index in [4.69, 9.17) is 4.42 Å². The van der Waals surface area contributed by atoms with Crippen LogP contribution in [0.25, 0.3) is 0 Å². The minimum absolute atomic E-state index is 0.0439. The Labute approximate surface area is 178 Å². The molecule has 0 unspecified atom stereocenters. The number of benzene rings is 1. The smallest absolute Gasteiger partial charge is 0.254 e. The Kier molecular flexibility index (Phi) is 4.76. The number of halogens is 1. The van der Waals surface area contributed by atoms with E-state index >= 15 is 0 Å². The summed E-state index contributed by atoms with van der Waals surface area (Å²) in [6, 6.07) is 5.71. The molecular formula is C23H24FN3O4. The molecule has 31 heavy (non-hydrogen) atoms. The lowest BCUT2D eigenvalue weighted by atomic mass is 9.85. The van der Waals surface area contributed by atoms with Crippen molar-refractivity contribution in [1.82, 2.24) is 5.32 Å². The van der Waals surface area contributed by atoms with Crippen molar-refractivity contribution in [2.45, 2.75) is 46.7 Å². The normalized spacial score (nSPS) is 16.8. The van der Waals surface area contributed by atoms with Gasteiger partial charge in [0, 0.05) is 0 Å². The third-order valence-electron chi connectivity index (χ3n) is 5.59. The zero-order chi connectivity index (χ0) is 22.7. The first-order valence-corrected chi connectivity index (χ1v) is 10.1. The lowest BCUT2D eigenvalue weighted by Gasteiger charge is -2.31. The largest absolute Gasteiger partial charge is 0.464 e. The SMILES string of the molecule is Cc1ccc([C@@H](Nc2c(Nc3c(F)ccc4c3C(=O)N[C@@H]4C)c(=O)c2=O)C(C)(C)C)o1. The molecule has 0 saturated heterocycles. The van der Waals surface area contributed by atoms with Crippen LogP contribution in [0, 0.1) is 18.2 Å². The maximum absolute atomic E-state index is 14.6. The van der Waals surface area contributed by atoms with Gasteiger partial charge in [0.1, 0.15) is 28.7 Å². The van der Waals surface area contributed by atoms with Gasteiger partial charge in [0.15, 0.2) is 0 Å². The van der Waals surface area contributed by atoms with Crippen LogP contribution in [0.4, 0.5) is 21.5 Å². The molecule has 8 heteroatoms. The molecule has 3 aromatic rings. The molecule has 2 heterocycles. The Hall–Kier alpha value is -3.42. The summed E-state index contributed by atoms with van der Waals surface area (Å²) in [5, 5.41) is 8.56. The predicted molar refractivity (Wildman–Crippen MR) is 116 cm³/mol. The van der Waals surface area contributed by atoms with Crippen molar-refractivity contribution in [1.29, 1.82) is 0 Å². The van der Waals surface area contributed by atoms with Crippen molar-refractivity contribution < 1.29 is 13.6 Å². The molecule has 4 rings (SSSR count). The van der Waals surface area contributed by atoms with Crippen molar-refractivity contribution in [3.8, 4) is 0 Å². The van der Waals surface area contributed by atoms with Crippen LogP contribution >= 0.6 is 0 Å². The molecule has 0 spiro atoms. The molecule has 2 atom stereocenters.